The fourth-order valence-corrected chi connectivity index (χ4v) is 3.97. The third kappa shape index (κ3) is 5.97. The molecule has 0 fully saturated rings. The maximum absolute atomic E-state index is 14.8. The van der Waals surface area contributed by atoms with E-state index < -0.39 is 63.5 Å². The van der Waals surface area contributed by atoms with Crippen molar-refractivity contribution in [3.63, 3.8) is 0 Å². The average molecular weight is 548 g/mol. The minimum Gasteiger partial charge on any atom is -0.429 e. The number of benzene rings is 4. The number of allylic oxidation sites excluding steroid dienone is 2. The van der Waals surface area contributed by atoms with Gasteiger partial charge in [-0.2, -0.15) is 8.78 Å². The molecule has 0 saturated heterocycles. The predicted octanol–water partition coefficient (Wildman–Crippen LogP) is 9.49. The SMILES string of the molecule is C/C=C/CCc1ccc(-c2ccc(C(F)(F)Oc3ccc(-c4cc(F)c(F)c(F)c4)c(F)c3)c(F)c2F)cc1. The van der Waals surface area contributed by atoms with Crippen LogP contribution in [0.5, 0.6) is 5.75 Å². The second kappa shape index (κ2) is 11.3. The van der Waals surface area contributed by atoms with E-state index in [2.05, 4.69) is 4.74 Å². The highest BCUT2D eigenvalue weighted by molar-refractivity contribution is 5.66. The Balaban J connectivity index is 1.57. The first kappa shape index (κ1) is 27.9. The molecule has 0 radical (unpaired) electrons. The fraction of sp³-hybridized carbons (Fsp3) is 0.133. The van der Waals surface area contributed by atoms with Crippen molar-refractivity contribution in [1.82, 2.24) is 0 Å². The molecule has 1 nitrogen and oxygen atoms in total. The van der Waals surface area contributed by atoms with E-state index in [9.17, 15) is 35.1 Å². The monoisotopic (exact) mass is 548 g/mol. The summed E-state index contributed by atoms with van der Waals surface area (Å²) < 4.78 is 119. The summed E-state index contributed by atoms with van der Waals surface area (Å²) in [7, 11) is 0. The van der Waals surface area contributed by atoms with Crippen LogP contribution in [0.3, 0.4) is 0 Å². The lowest BCUT2D eigenvalue weighted by Crippen LogP contribution is -2.24. The maximum Gasteiger partial charge on any atom is 0.429 e. The van der Waals surface area contributed by atoms with Crippen LogP contribution in [0.15, 0.2) is 78.9 Å². The number of rotatable bonds is 8. The molecule has 0 heterocycles. The van der Waals surface area contributed by atoms with E-state index in [0.29, 0.717) is 24.3 Å². The summed E-state index contributed by atoms with van der Waals surface area (Å²) in [6.07, 6.45) is 1.03. The molecule has 0 bridgehead atoms. The van der Waals surface area contributed by atoms with Gasteiger partial charge in [-0.25, -0.2) is 26.3 Å². The minimum absolute atomic E-state index is 0.235. The Morgan fingerprint density at radius 2 is 1.31 bits per heavy atom. The second-order valence-electron chi connectivity index (χ2n) is 8.61. The number of alkyl halides is 2. The molecule has 0 spiro atoms. The smallest absolute Gasteiger partial charge is 0.429 e. The van der Waals surface area contributed by atoms with Gasteiger partial charge in [0, 0.05) is 17.2 Å². The molecule has 0 aromatic heterocycles. The van der Waals surface area contributed by atoms with Crippen LogP contribution in [0.2, 0.25) is 0 Å². The molecule has 0 aliphatic carbocycles. The van der Waals surface area contributed by atoms with Gasteiger partial charge in [0.2, 0.25) is 0 Å². The molecule has 0 saturated carbocycles. The molecule has 0 amide bonds. The number of aryl methyl sites for hydroxylation is 1. The molecule has 0 unspecified atom stereocenters. The second-order valence-corrected chi connectivity index (χ2v) is 8.61. The third-order valence-corrected chi connectivity index (χ3v) is 5.98. The van der Waals surface area contributed by atoms with Gasteiger partial charge in [0.25, 0.3) is 0 Å². The van der Waals surface area contributed by atoms with Crippen molar-refractivity contribution in [2.45, 2.75) is 25.9 Å². The molecular formula is C30H20F8O. The van der Waals surface area contributed by atoms with Crippen LogP contribution in [-0.2, 0) is 12.5 Å². The van der Waals surface area contributed by atoms with Crippen molar-refractivity contribution in [3.05, 3.63) is 125 Å². The summed E-state index contributed by atoms with van der Waals surface area (Å²) in [5.74, 6) is -10.3. The minimum atomic E-state index is -4.41. The zero-order chi connectivity index (χ0) is 28.3. The maximum atomic E-state index is 14.8. The molecule has 0 aliphatic rings. The van der Waals surface area contributed by atoms with Crippen LogP contribution in [-0.4, -0.2) is 0 Å². The van der Waals surface area contributed by atoms with Crippen molar-refractivity contribution >= 4 is 0 Å². The van der Waals surface area contributed by atoms with E-state index in [1.54, 1.807) is 24.3 Å². The lowest BCUT2D eigenvalue weighted by molar-refractivity contribution is -0.187. The summed E-state index contributed by atoms with van der Waals surface area (Å²) in [4.78, 5) is 0. The van der Waals surface area contributed by atoms with E-state index in [1.165, 1.54) is 0 Å². The number of hydrogen-bond acceptors (Lipinski definition) is 1. The van der Waals surface area contributed by atoms with Crippen LogP contribution >= 0.6 is 0 Å². The summed E-state index contributed by atoms with van der Waals surface area (Å²) in [5.41, 5.74) is -1.24. The van der Waals surface area contributed by atoms with E-state index in [-0.39, 0.29) is 11.1 Å². The number of halogens is 8. The Morgan fingerprint density at radius 3 is 1.92 bits per heavy atom. The molecule has 9 heteroatoms. The van der Waals surface area contributed by atoms with Gasteiger partial charge in [0.1, 0.15) is 17.1 Å². The predicted molar refractivity (Wildman–Crippen MR) is 131 cm³/mol. The first-order valence-corrected chi connectivity index (χ1v) is 11.7. The van der Waals surface area contributed by atoms with Crippen LogP contribution in [0, 0.1) is 34.9 Å². The fourth-order valence-electron chi connectivity index (χ4n) is 3.97. The lowest BCUT2D eigenvalue weighted by Gasteiger charge is -2.20. The highest BCUT2D eigenvalue weighted by Crippen LogP contribution is 2.38. The molecule has 0 atom stereocenters. The van der Waals surface area contributed by atoms with Crippen molar-refractivity contribution in [1.29, 1.82) is 0 Å². The summed E-state index contributed by atoms with van der Waals surface area (Å²) in [6.45, 7) is 1.90. The standard InChI is InChI=1S/C30H20F8O/c1-2-3-4-5-17-6-8-18(9-7-17)22-12-13-23(28(35)27(22)34)30(37,38)39-20-10-11-21(24(31)16-20)19-14-25(32)29(36)26(33)15-19/h2-3,6-16H,4-5H2,1H3/b3-2+. The summed E-state index contributed by atoms with van der Waals surface area (Å²) >= 11 is 0. The molecule has 4 aromatic rings. The van der Waals surface area contributed by atoms with Crippen molar-refractivity contribution < 1.29 is 39.9 Å². The van der Waals surface area contributed by atoms with E-state index in [0.717, 1.165) is 36.6 Å². The van der Waals surface area contributed by atoms with Crippen molar-refractivity contribution in [3.8, 4) is 28.0 Å². The Hall–Kier alpha value is -4.14. The first-order valence-electron chi connectivity index (χ1n) is 11.7. The normalized spacial score (nSPS) is 11.8. The number of ether oxygens (including phenoxy) is 1. The van der Waals surface area contributed by atoms with Crippen LogP contribution < -0.4 is 4.74 Å². The number of hydrogen-bond donors (Lipinski definition) is 0. The van der Waals surface area contributed by atoms with Gasteiger partial charge >= 0.3 is 6.11 Å². The third-order valence-electron chi connectivity index (χ3n) is 5.98. The Morgan fingerprint density at radius 1 is 0.667 bits per heavy atom. The molecule has 0 N–H and O–H groups in total. The molecule has 4 rings (SSSR count). The first-order chi connectivity index (χ1) is 18.5. The largest absolute Gasteiger partial charge is 0.429 e. The Labute approximate surface area is 219 Å². The van der Waals surface area contributed by atoms with Gasteiger partial charge in [0.15, 0.2) is 29.1 Å². The average Bonchev–Trinajstić information content (AvgIpc) is 2.89. The highest BCUT2D eigenvalue weighted by Gasteiger charge is 2.39. The molecule has 0 aliphatic heterocycles. The van der Waals surface area contributed by atoms with E-state index >= 15 is 0 Å². The topological polar surface area (TPSA) is 9.23 Å². The molecule has 202 valence electrons. The van der Waals surface area contributed by atoms with Crippen LogP contribution in [0.1, 0.15) is 24.5 Å². The van der Waals surface area contributed by atoms with Gasteiger partial charge in [-0.05, 0) is 66.8 Å². The van der Waals surface area contributed by atoms with E-state index in [1.807, 2.05) is 19.1 Å². The molecule has 39 heavy (non-hydrogen) atoms. The van der Waals surface area contributed by atoms with Gasteiger partial charge in [-0.1, -0.05) is 42.5 Å². The van der Waals surface area contributed by atoms with Gasteiger partial charge < -0.3 is 4.74 Å². The van der Waals surface area contributed by atoms with Crippen LogP contribution in [0.4, 0.5) is 35.1 Å². The Bertz CT molecular complexity index is 1500. The summed E-state index contributed by atoms with van der Waals surface area (Å²) in [5, 5.41) is 0. The van der Waals surface area contributed by atoms with Gasteiger partial charge in [-0.3, -0.25) is 0 Å². The molecular weight excluding hydrogens is 528 g/mol. The quantitative estimate of drug-likeness (QED) is 0.121. The Kier molecular flexibility index (Phi) is 8.09. The van der Waals surface area contributed by atoms with Gasteiger partial charge in [0.05, 0.1) is 0 Å². The van der Waals surface area contributed by atoms with Crippen LogP contribution in [0.25, 0.3) is 22.3 Å². The van der Waals surface area contributed by atoms with Gasteiger partial charge in [-0.15, -0.1) is 0 Å². The zero-order valence-electron chi connectivity index (χ0n) is 20.4. The highest BCUT2D eigenvalue weighted by atomic mass is 19.3. The lowest BCUT2D eigenvalue weighted by atomic mass is 9.99. The zero-order valence-corrected chi connectivity index (χ0v) is 20.4. The summed E-state index contributed by atoms with van der Waals surface area (Å²) in [6, 6.07) is 11.5. The van der Waals surface area contributed by atoms with Crippen molar-refractivity contribution in [2.24, 2.45) is 0 Å². The van der Waals surface area contributed by atoms with E-state index in [4.69, 9.17) is 0 Å². The van der Waals surface area contributed by atoms with Crippen molar-refractivity contribution in [2.75, 3.05) is 0 Å². The molecule has 4 aromatic carbocycles.